The van der Waals surface area contributed by atoms with E-state index in [0.717, 1.165) is 17.1 Å². The fourth-order valence-corrected chi connectivity index (χ4v) is 2.94. The van der Waals surface area contributed by atoms with E-state index in [1.807, 2.05) is 0 Å². The van der Waals surface area contributed by atoms with Crippen molar-refractivity contribution in [3.8, 4) is 0 Å². The van der Waals surface area contributed by atoms with Crippen LogP contribution in [0.4, 0.5) is 5.69 Å². The summed E-state index contributed by atoms with van der Waals surface area (Å²) in [5, 5.41) is 13.5. The number of carbonyl (C=O) groups is 1. The molecule has 0 saturated heterocycles. The molecule has 0 fully saturated rings. The van der Waals surface area contributed by atoms with Crippen LogP contribution in [0.3, 0.4) is 0 Å². The molecule has 24 heavy (non-hydrogen) atoms. The van der Waals surface area contributed by atoms with Crippen molar-refractivity contribution in [1.29, 1.82) is 0 Å². The monoisotopic (exact) mass is 344 g/mol. The number of hydrogen-bond donors (Lipinski definition) is 1. The average Bonchev–Trinajstić information content (AvgIpc) is 2.56. The molecule has 0 aliphatic carbocycles. The first-order valence-corrected chi connectivity index (χ1v) is 8.83. The van der Waals surface area contributed by atoms with Crippen molar-refractivity contribution in [3.63, 3.8) is 0 Å². The van der Waals surface area contributed by atoms with Gasteiger partial charge in [-0.2, -0.15) is 11.8 Å². The van der Waals surface area contributed by atoms with Gasteiger partial charge in [0.25, 0.3) is 5.69 Å². The predicted molar refractivity (Wildman–Crippen MR) is 97.2 cm³/mol. The summed E-state index contributed by atoms with van der Waals surface area (Å²) in [6.45, 7) is 2.68. The molecule has 0 bridgehead atoms. The van der Waals surface area contributed by atoms with E-state index in [1.54, 1.807) is 23.9 Å². The number of nitro groups is 1. The Balaban J connectivity index is 1.64. The third-order valence-electron chi connectivity index (χ3n) is 3.47. The van der Waals surface area contributed by atoms with E-state index < -0.39 is 4.92 Å². The van der Waals surface area contributed by atoms with Gasteiger partial charge in [0, 0.05) is 30.2 Å². The smallest absolute Gasteiger partial charge is 0.269 e. The Kier molecular flexibility index (Phi) is 6.81. The topological polar surface area (TPSA) is 72.2 Å². The van der Waals surface area contributed by atoms with Crippen LogP contribution in [0.15, 0.2) is 48.5 Å². The van der Waals surface area contributed by atoms with Gasteiger partial charge in [0.05, 0.1) is 11.3 Å². The number of hydrogen-bond acceptors (Lipinski definition) is 4. The minimum Gasteiger partial charge on any atom is -0.355 e. The minimum atomic E-state index is -0.449. The largest absolute Gasteiger partial charge is 0.355 e. The Morgan fingerprint density at radius 2 is 1.71 bits per heavy atom. The van der Waals surface area contributed by atoms with Gasteiger partial charge in [-0.05, 0) is 18.1 Å². The molecule has 0 radical (unpaired) electrons. The fourth-order valence-electron chi connectivity index (χ4n) is 2.12. The highest BCUT2D eigenvalue weighted by Gasteiger charge is 2.07. The first-order valence-electron chi connectivity index (χ1n) is 7.68. The molecule has 126 valence electrons. The third-order valence-corrected chi connectivity index (χ3v) is 4.50. The Morgan fingerprint density at radius 1 is 1.08 bits per heavy atom. The number of rotatable bonds is 8. The SMILES string of the molecule is Cc1ccc(CSCCNC(=O)Cc2ccc([N+](=O)[O-])cc2)cc1. The van der Waals surface area contributed by atoms with Crippen molar-refractivity contribution in [2.24, 2.45) is 0 Å². The molecule has 0 aliphatic rings. The predicted octanol–water partition coefficient (Wildman–Crippen LogP) is 3.50. The molecule has 1 amide bonds. The first kappa shape index (κ1) is 18.0. The van der Waals surface area contributed by atoms with E-state index in [2.05, 4.69) is 36.5 Å². The quantitative estimate of drug-likeness (QED) is 0.452. The van der Waals surface area contributed by atoms with E-state index in [4.69, 9.17) is 0 Å². The van der Waals surface area contributed by atoms with Gasteiger partial charge in [-0.3, -0.25) is 14.9 Å². The molecule has 0 spiro atoms. The molecular formula is C18H20N2O3S. The van der Waals surface area contributed by atoms with Crippen molar-refractivity contribution in [3.05, 3.63) is 75.3 Å². The van der Waals surface area contributed by atoms with Gasteiger partial charge in [0.1, 0.15) is 0 Å². The molecule has 0 heterocycles. The number of carbonyl (C=O) groups excluding carboxylic acids is 1. The number of amides is 1. The summed E-state index contributed by atoms with van der Waals surface area (Å²) in [5.74, 6) is 1.71. The summed E-state index contributed by atoms with van der Waals surface area (Å²) in [6, 6.07) is 14.5. The van der Waals surface area contributed by atoms with Crippen molar-refractivity contribution >= 4 is 23.4 Å². The van der Waals surface area contributed by atoms with Crippen LogP contribution < -0.4 is 5.32 Å². The minimum absolute atomic E-state index is 0.0339. The maximum atomic E-state index is 11.8. The van der Waals surface area contributed by atoms with E-state index in [-0.39, 0.29) is 18.0 Å². The summed E-state index contributed by atoms with van der Waals surface area (Å²) in [6.07, 6.45) is 0.237. The van der Waals surface area contributed by atoms with Crippen molar-refractivity contribution in [2.75, 3.05) is 12.3 Å². The van der Waals surface area contributed by atoms with Crippen molar-refractivity contribution < 1.29 is 9.72 Å². The van der Waals surface area contributed by atoms with E-state index in [1.165, 1.54) is 23.3 Å². The molecule has 1 N–H and O–H groups in total. The van der Waals surface area contributed by atoms with Crippen LogP contribution in [0.25, 0.3) is 0 Å². The van der Waals surface area contributed by atoms with Gasteiger partial charge in [-0.25, -0.2) is 0 Å². The number of non-ortho nitro benzene ring substituents is 1. The second-order valence-electron chi connectivity index (χ2n) is 5.49. The number of nitrogens with one attached hydrogen (secondary N) is 1. The third kappa shape index (κ3) is 6.04. The number of aryl methyl sites for hydroxylation is 1. The van der Waals surface area contributed by atoms with Gasteiger partial charge < -0.3 is 5.32 Å². The van der Waals surface area contributed by atoms with E-state index >= 15 is 0 Å². The van der Waals surface area contributed by atoms with Crippen LogP contribution >= 0.6 is 11.8 Å². The Morgan fingerprint density at radius 3 is 2.33 bits per heavy atom. The molecule has 0 unspecified atom stereocenters. The summed E-state index contributed by atoms with van der Waals surface area (Å²) in [5.41, 5.74) is 3.34. The van der Waals surface area contributed by atoms with Crippen LogP contribution in [-0.4, -0.2) is 23.1 Å². The molecule has 0 aliphatic heterocycles. The molecule has 2 rings (SSSR count). The molecule has 5 nitrogen and oxygen atoms in total. The lowest BCUT2D eigenvalue weighted by Crippen LogP contribution is -2.27. The van der Waals surface area contributed by atoms with Gasteiger partial charge in [-0.1, -0.05) is 42.0 Å². The molecule has 2 aromatic carbocycles. The van der Waals surface area contributed by atoms with Crippen molar-refractivity contribution in [2.45, 2.75) is 19.1 Å². The summed E-state index contributed by atoms with van der Waals surface area (Å²) >= 11 is 1.78. The van der Waals surface area contributed by atoms with Crippen LogP contribution in [-0.2, 0) is 17.0 Å². The Bertz CT molecular complexity index is 684. The fraction of sp³-hybridized carbons (Fsp3) is 0.278. The number of benzene rings is 2. The lowest BCUT2D eigenvalue weighted by molar-refractivity contribution is -0.384. The van der Waals surface area contributed by atoms with Crippen molar-refractivity contribution in [1.82, 2.24) is 5.32 Å². The Hall–Kier alpha value is -2.34. The van der Waals surface area contributed by atoms with Crippen LogP contribution in [0.5, 0.6) is 0 Å². The second-order valence-corrected chi connectivity index (χ2v) is 6.59. The highest BCUT2D eigenvalue weighted by Crippen LogP contribution is 2.13. The number of nitrogens with zero attached hydrogens (tertiary/aromatic N) is 1. The lowest BCUT2D eigenvalue weighted by Gasteiger charge is -2.06. The highest BCUT2D eigenvalue weighted by atomic mass is 32.2. The highest BCUT2D eigenvalue weighted by molar-refractivity contribution is 7.98. The second kappa shape index (κ2) is 9.08. The van der Waals surface area contributed by atoms with Crippen LogP contribution in [0.1, 0.15) is 16.7 Å². The molecular weight excluding hydrogens is 324 g/mol. The zero-order valence-electron chi connectivity index (χ0n) is 13.5. The molecule has 0 aromatic heterocycles. The molecule has 2 aromatic rings. The van der Waals surface area contributed by atoms with Gasteiger partial charge in [0.2, 0.25) is 5.91 Å². The summed E-state index contributed by atoms with van der Waals surface area (Å²) < 4.78 is 0. The van der Waals surface area contributed by atoms with Gasteiger partial charge in [-0.15, -0.1) is 0 Å². The van der Waals surface area contributed by atoms with Crippen LogP contribution in [0, 0.1) is 17.0 Å². The zero-order valence-corrected chi connectivity index (χ0v) is 14.3. The maximum absolute atomic E-state index is 11.8. The molecule has 6 heteroatoms. The van der Waals surface area contributed by atoms with E-state index in [9.17, 15) is 14.9 Å². The number of nitro benzene ring substituents is 1. The number of thioether (sulfide) groups is 1. The molecule has 0 saturated carbocycles. The Labute approximate surface area is 145 Å². The van der Waals surface area contributed by atoms with Gasteiger partial charge in [0.15, 0.2) is 0 Å². The maximum Gasteiger partial charge on any atom is 0.269 e. The van der Waals surface area contributed by atoms with Gasteiger partial charge >= 0.3 is 0 Å². The van der Waals surface area contributed by atoms with Crippen LogP contribution in [0.2, 0.25) is 0 Å². The van der Waals surface area contributed by atoms with E-state index in [0.29, 0.717) is 6.54 Å². The lowest BCUT2D eigenvalue weighted by atomic mass is 10.1. The average molecular weight is 344 g/mol. The zero-order chi connectivity index (χ0) is 17.4. The standard InChI is InChI=1S/C18H20N2O3S/c1-14-2-4-16(5-3-14)13-24-11-10-19-18(21)12-15-6-8-17(9-7-15)20(22)23/h2-9H,10-13H2,1H3,(H,19,21). The molecule has 0 atom stereocenters. The summed E-state index contributed by atoms with van der Waals surface area (Å²) in [7, 11) is 0. The first-order chi connectivity index (χ1) is 11.5. The summed E-state index contributed by atoms with van der Waals surface area (Å²) in [4.78, 5) is 22.0. The normalized spacial score (nSPS) is 10.4.